The fourth-order valence-electron chi connectivity index (χ4n) is 1.87. The monoisotopic (exact) mass is 265 g/mol. The lowest BCUT2D eigenvalue weighted by Gasteiger charge is -2.17. The van der Waals surface area contributed by atoms with E-state index in [0.29, 0.717) is 0 Å². The number of fused-ring (bicyclic) bond motifs is 1. The third-order valence-electron chi connectivity index (χ3n) is 3.03. The van der Waals surface area contributed by atoms with E-state index in [1.54, 1.807) is 22.8 Å². The number of aromatic nitrogens is 4. The van der Waals surface area contributed by atoms with E-state index in [-0.39, 0.29) is 0 Å². The summed E-state index contributed by atoms with van der Waals surface area (Å²) in [5, 5.41) is 6.30. The van der Waals surface area contributed by atoms with E-state index in [4.69, 9.17) is 0 Å². The lowest BCUT2D eigenvalue weighted by Crippen LogP contribution is -2.25. The summed E-state index contributed by atoms with van der Waals surface area (Å²) in [5.74, 6) is 1.04. The Labute approximate surface area is 112 Å². The van der Waals surface area contributed by atoms with Crippen LogP contribution in [0.2, 0.25) is 0 Å². The SMILES string of the molecule is CCN(CC)CCSc1ncnc2c1cnn2C. The molecule has 2 aromatic heterocycles. The molecule has 0 N–H and O–H groups in total. The number of hydrogen-bond acceptors (Lipinski definition) is 5. The highest BCUT2D eigenvalue weighted by Crippen LogP contribution is 2.23. The molecule has 0 bridgehead atoms. The van der Waals surface area contributed by atoms with Crippen molar-refractivity contribution in [3.8, 4) is 0 Å². The van der Waals surface area contributed by atoms with Gasteiger partial charge in [0.05, 0.1) is 11.6 Å². The Morgan fingerprint density at radius 3 is 2.78 bits per heavy atom. The first-order valence-electron chi connectivity index (χ1n) is 6.24. The average molecular weight is 265 g/mol. The van der Waals surface area contributed by atoms with Crippen molar-refractivity contribution in [3.63, 3.8) is 0 Å². The lowest BCUT2D eigenvalue weighted by molar-refractivity contribution is 0.324. The Hall–Kier alpha value is -1.14. The van der Waals surface area contributed by atoms with Crippen molar-refractivity contribution in [2.75, 3.05) is 25.4 Å². The second-order valence-electron chi connectivity index (χ2n) is 4.06. The van der Waals surface area contributed by atoms with Crippen molar-refractivity contribution in [2.24, 2.45) is 7.05 Å². The van der Waals surface area contributed by atoms with E-state index in [2.05, 4.69) is 33.8 Å². The molecular weight excluding hydrogens is 246 g/mol. The smallest absolute Gasteiger partial charge is 0.162 e. The average Bonchev–Trinajstić information content (AvgIpc) is 2.78. The van der Waals surface area contributed by atoms with Crippen molar-refractivity contribution < 1.29 is 0 Å². The van der Waals surface area contributed by atoms with Gasteiger partial charge in [-0.1, -0.05) is 13.8 Å². The van der Waals surface area contributed by atoms with Crippen LogP contribution in [0.25, 0.3) is 11.0 Å². The second-order valence-corrected chi connectivity index (χ2v) is 5.14. The molecule has 0 aromatic carbocycles. The molecular formula is C12H19N5S. The van der Waals surface area contributed by atoms with Crippen molar-refractivity contribution in [2.45, 2.75) is 18.9 Å². The Kier molecular flexibility index (Phi) is 4.54. The molecule has 0 spiro atoms. The van der Waals surface area contributed by atoms with E-state index >= 15 is 0 Å². The van der Waals surface area contributed by atoms with Crippen molar-refractivity contribution in [1.29, 1.82) is 0 Å². The van der Waals surface area contributed by atoms with Gasteiger partial charge in [-0.15, -0.1) is 11.8 Å². The van der Waals surface area contributed by atoms with E-state index < -0.39 is 0 Å². The molecule has 0 amide bonds. The van der Waals surface area contributed by atoms with Gasteiger partial charge in [-0.05, 0) is 13.1 Å². The zero-order valence-electron chi connectivity index (χ0n) is 11.1. The van der Waals surface area contributed by atoms with Crippen LogP contribution in [0.3, 0.4) is 0 Å². The van der Waals surface area contributed by atoms with Gasteiger partial charge in [0.1, 0.15) is 11.4 Å². The summed E-state index contributed by atoms with van der Waals surface area (Å²) in [6.45, 7) is 7.67. The van der Waals surface area contributed by atoms with Gasteiger partial charge in [0.2, 0.25) is 0 Å². The zero-order valence-corrected chi connectivity index (χ0v) is 11.9. The first kappa shape index (κ1) is 13.3. The summed E-state index contributed by atoms with van der Waals surface area (Å²) in [4.78, 5) is 11.0. The van der Waals surface area contributed by atoms with Crippen LogP contribution in [-0.2, 0) is 7.05 Å². The molecule has 0 saturated carbocycles. The molecule has 0 radical (unpaired) electrons. The van der Waals surface area contributed by atoms with Crippen LogP contribution in [0.1, 0.15) is 13.8 Å². The molecule has 5 nitrogen and oxygen atoms in total. The van der Waals surface area contributed by atoms with Gasteiger partial charge in [0.25, 0.3) is 0 Å². The molecule has 0 unspecified atom stereocenters. The number of hydrogen-bond donors (Lipinski definition) is 0. The van der Waals surface area contributed by atoms with Crippen molar-refractivity contribution >= 4 is 22.8 Å². The fraction of sp³-hybridized carbons (Fsp3) is 0.583. The maximum Gasteiger partial charge on any atom is 0.162 e. The number of nitrogens with zero attached hydrogens (tertiary/aromatic N) is 5. The molecule has 0 aliphatic rings. The zero-order chi connectivity index (χ0) is 13.0. The molecule has 0 saturated heterocycles. The first-order valence-corrected chi connectivity index (χ1v) is 7.22. The second kappa shape index (κ2) is 6.15. The minimum Gasteiger partial charge on any atom is -0.303 e. The summed E-state index contributed by atoms with van der Waals surface area (Å²) in [6.07, 6.45) is 3.46. The number of thioether (sulfide) groups is 1. The van der Waals surface area contributed by atoms with Crippen LogP contribution in [0.4, 0.5) is 0 Å². The molecule has 0 fully saturated rings. The third kappa shape index (κ3) is 2.81. The largest absolute Gasteiger partial charge is 0.303 e. The van der Waals surface area contributed by atoms with Crippen LogP contribution >= 0.6 is 11.8 Å². The Bertz CT molecular complexity index is 506. The minimum absolute atomic E-state index is 0.898. The van der Waals surface area contributed by atoms with Gasteiger partial charge in [0.15, 0.2) is 5.65 Å². The van der Waals surface area contributed by atoms with Gasteiger partial charge in [-0.25, -0.2) is 9.97 Å². The van der Waals surface area contributed by atoms with Crippen LogP contribution in [-0.4, -0.2) is 50.0 Å². The van der Waals surface area contributed by atoms with Gasteiger partial charge in [0, 0.05) is 19.3 Å². The van der Waals surface area contributed by atoms with Crippen molar-refractivity contribution in [1.82, 2.24) is 24.6 Å². The fourth-order valence-corrected chi connectivity index (χ4v) is 2.83. The summed E-state index contributed by atoms with van der Waals surface area (Å²) < 4.78 is 1.78. The quantitative estimate of drug-likeness (QED) is 0.589. The summed E-state index contributed by atoms with van der Waals surface area (Å²) in [6, 6.07) is 0. The van der Waals surface area contributed by atoms with Crippen molar-refractivity contribution in [3.05, 3.63) is 12.5 Å². The minimum atomic E-state index is 0.898. The highest BCUT2D eigenvalue weighted by molar-refractivity contribution is 7.99. The molecule has 0 atom stereocenters. The van der Waals surface area contributed by atoms with E-state index in [0.717, 1.165) is 41.4 Å². The van der Waals surface area contributed by atoms with Crippen LogP contribution in [0, 0.1) is 0 Å². The molecule has 0 aliphatic heterocycles. The topological polar surface area (TPSA) is 46.8 Å². The summed E-state index contributed by atoms with van der Waals surface area (Å²) in [5.41, 5.74) is 0.898. The highest BCUT2D eigenvalue weighted by Gasteiger charge is 2.08. The normalized spacial score (nSPS) is 11.6. The van der Waals surface area contributed by atoms with Crippen LogP contribution < -0.4 is 0 Å². The maximum absolute atomic E-state index is 4.35. The standard InChI is InChI=1S/C12H19N5S/c1-4-17(5-2)6-7-18-12-10-8-15-16(3)11(10)13-9-14-12/h8-9H,4-7H2,1-3H3. The molecule has 2 heterocycles. The van der Waals surface area contributed by atoms with Gasteiger partial charge < -0.3 is 4.90 Å². The summed E-state index contributed by atoms with van der Waals surface area (Å²) in [7, 11) is 1.90. The summed E-state index contributed by atoms with van der Waals surface area (Å²) >= 11 is 1.78. The maximum atomic E-state index is 4.35. The molecule has 2 aromatic rings. The predicted octanol–water partition coefficient (Wildman–Crippen LogP) is 1.80. The lowest BCUT2D eigenvalue weighted by atomic mass is 10.4. The molecule has 98 valence electrons. The van der Waals surface area contributed by atoms with E-state index in [9.17, 15) is 0 Å². The van der Waals surface area contributed by atoms with Crippen LogP contribution in [0.15, 0.2) is 17.6 Å². The van der Waals surface area contributed by atoms with Gasteiger partial charge in [-0.2, -0.15) is 5.10 Å². The molecule has 18 heavy (non-hydrogen) atoms. The Morgan fingerprint density at radius 1 is 1.28 bits per heavy atom. The van der Waals surface area contributed by atoms with E-state index in [1.165, 1.54) is 0 Å². The Morgan fingerprint density at radius 2 is 2.06 bits per heavy atom. The molecule has 0 aliphatic carbocycles. The first-order chi connectivity index (χ1) is 8.76. The molecule has 6 heteroatoms. The highest BCUT2D eigenvalue weighted by atomic mass is 32.2. The number of aryl methyl sites for hydroxylation is 1. The Balaban J connectivity index is 2.03. The van der Waals surface area contributed by atoms with E-state index in [1.807, 2.05) is 13.2 Å². The molecule has 2 rings (SSSR count). The number of rotatable bonds is 6. The van der Waals surface area contributed by atoms with Gasteiger partial charge >= 0.3 is 0 Å². The van der Waals surface area contributed by atoms with Crippen LogP contribution in [0.5, 0.6) is 0 Å². The predicted molar refractivity (Wildman–Crippen MR) is 74.8 cm³/mol. The van der Waals surface area contributed by atoms with Gasteiger partial charge in [-0.3, -0.25) is 4.68 Å². The third-order valence-corrected chi connectivity index (χ3v) is 4.02.